The lowest BCUT2D eigenvalue weighted by Crippen LogP contribution is -2.22. The molecule has 0 aliphatic carbocycles. The molecular weight excluding hydrogens is 272 g/mol. The van der Waals surface area contributed by atoms with Crippen molar-refractivity contribution in [2.75, 3.05) is 6.54 Å². The normalized spacial score (nSPS) is 9.65. The number of amides is 1. The second-order valence-corrected chi connectivity index (χ2v) is 5.03. The molecule has 1 aromatic carbocycles. The van der Waals surface area contributed by atoms with Gasteiger partial charge < -0.3 is 16.2 Å². The third-order valence-corrected chi connectivity index (χ3v) is 3.48. The number of nitrogens with two attached hydrogens (primary N) is 1. The Kier molecular flexibility index (Phi) is 4.77. The van der Waals surface area contributed by atoms with Crippen LogP contribution >= 0.6 is 11.3 Å². The van der Waals surface area contributed by atoms with E-state index in [4.69, 9.17) is 10.8 Å². The van der Waals surface area contributed by atoms with Crippen LogP contribution in [0.15, 0.2) is 35.7 Å². The van der Waals surface area contributed by atoms with E-state index in [0.29, 0.717) is 18.7 Å². The molecule has 0 spiro atoms. The van der Waals surface area contributed by atoms with Gasteiger partial charge in [0.1, 0.15) is 5.75 Å². The van der Waals surface area contributed by atoms with Crippen LogP contribution in [0.3, 0.4) is 0 Å². The maximum absolute atomic E-state index is 11.9. The number of benzene rings is 1. The van der Waals surface area contributed by atoms with Crippen LogP contribution in [-0.4, -0.2) is 17.6 Å². The van der Waals surface area contributed by atoms with Crippen molar-refractivity contribution in [1.82, 2.24) is 5.32 Å². The first-order valence-electron chi connectivity index (χ1n) is 6.02. The van der Waals surface area contributed by atoms with Gasteiger partial charge in [-0.3, -0.25) is 4.79 Å². The van der Waals surface area contributed by atoms with Crippen LogP contribution < -0.4 is 11.1 Å². The third kappa shape index (κ3) is 3.85. The van der Waals surface area contributed by atoms with Gasteiger partial charge in [0, 0.05) is 21.4 Å². The highest BCUT2D eigenvalue weighted by molar-refractivity contribution is 7.10. The number of phenols is 1. The van der Waals surface area contributed by atoms with Crippen LogP contribution in [0.2, 0.25) is 0 Å². The Hall–Kier alpha value is -2.29. The third-order valence-electron chi connectivity index (χ3n) is 2.54. The number of hydrogen-bond donors (Lipinski definition) is 3. The number of rotatable bonds is 3. The van der Waals surface area contributed by atoms with E-state index in [9.17, 15) is 4.79 Å². The van der Waals surface area contributed by atoms with E-state index >= 15 is 0 Å². The zero-order valence-electron chi connectivity index (χ0n) is 10.7. The highest BCUT2D eigenvalue weighted by Gasteiger charge is 2.06. The zero-order valence-corrected chi connectivity index (χ0v) is 11.5. The number of thiophene rings is 1. The summed E-state index contributed by atoms with van der Waals surface area (Å²) in [6, 6.07) is 8.07. The molecule has 0 aliphatic rings. The summed E-state index contributed by atoms with van der Waals surface area (Å²) in [5.41, 5.74) is 6.74. The monoisotopic (exact) mass is 286 g/mol. The maximum Gasteiger partial charge on any atom is 0.251 e. The average Bonchev–Trinajstić information content (AvgIpc) is 2.91. The fourth-order valence-corrected chi connectivity index (χ4v) is 2.33. The number of carbonyl (C=O) groups excluding carboxylic acids is 1. The van der Waals surface area contributed by atoms with Crippen LogP contribution in [0.1, 0.15) is 20.8 Å². The smallest absolute Gasteiger partial charge is 0.251 e. The molecule has 0 aliphatic heterocycles. The van der Waals surface area contributed by atoms with Crippen molar-refractivity contribution in [3.8, 4) is 17.6 Å². The fraction of sp³-hybridized carbons (Fsp3) is 0.133. The van der Waals surface area contributed by atoms with Crippen molar-refractivity contribution in [2.24, 2.45) is 5.73 Å². The van der Waals surface area contributed by atoms with Gasteiger partial charge in [-0.15, -0.1) is 11.3 Å². The summed E-state index contributed by atoms with van der Waals surface area (Å²) in [7, 11) is 0. The molecule has 2 rings (SSSR count). The average molecular weight is 286 g/mol. The lowest BCUT2D eigenvalue weighted by Gasteiger charge is -2.03. The van der Waals surface area contributed by atoms with Gasteiger partial charge in [-0.05, 0) is 30.3 Å². The Morgan fingerprint density at radius 3 is 2.80 bits per heavy atom. The van der Waals surface area contributed by atoms with E-state index in [1.165, 1.54) is 12.1 Å². The molecule has 0 bridgehead atoms. The standard InChI is InChI=1S/C15H14N2O2S/c16-7-1-2-11-8-14(20-10-11)9-17-15(19)12-3-5-13(18)6-4-12/h3-6,8,10,18H,7,9,16H2,(H,17,19). The van der Waals surface area contributed by atoms with Crippen LogP contribution in [0.25, 0.3) is 0 Å². The van der Waals surface area contributed by atoms with Crippen molar-refractivity contribution < 1.29 is 9.90 Å². The number of nitrogens with one attached hydrogen (secondary N) is 1. The van der Waals surface area contributed by atoms with Crippen molar-refractivity contribution >= 4 is 17.2 Å². The van der Waals surface area contributed by atoms with Crippen LogP contribution in [-0.2, 0) is 6.54 Å². The molecule has 2 aromatic rings. The van der Waals surface area contributed by atoms with E-state index in [1.807, 2.05) is 11.4 Å². The first-order chi connectivity index (χ1) is 9.69. The lowest BCUT2D eigenvalue weighted by atomic mass is 10.2. The predicted molar refractivity (Wildman–Crippen MR) is 79.5 cm³/mol. The van der Waals surface area contributed by atoms with Gasteiger partial charge in [-0.25, -0.2) is 0 Å². The summed E-state index contributed by atoms with van der Waals surface area (Å²) in [6.45, 7) is 0.789. The van der Waals surface area contributed by atoms with E-state index in [0.717, 1.165) is 10.4 Å². The number of hydrogen-bond acceptors (Lipinski definition) is 4. The van der Waals surface area contributed by atoms with E-state index in [-0.39, 0.29) is 11.7 Å². The molecule has 5 heteroatoms. The maximum atomic E-state index is 11.9. The summed E-state index contributed by atoms with van der Waals surface area (Å²) in [5, 5.41) is 13.9. The van der Waals surface area contributed by atoms with E-state index in [1.54, 1.807) is 23.5 Å². The summed E-state index contributed by atoms with van der Waals surface area (Å²) in [6.07, 6.45) is 0. The Labute approximate surface area is 121 Å². The number of phenolic OH excluding ortho intramolecular Hbond substituents is 1. The number of carbonyl (C=O) groups is 1. The highest BCUT2D eigenvalue weighted by atomic mass is 32.1. The second-order valence-electron chi connectivity index (χ2n) is 4.04. The van der Waals surface area contributed by atoms with Gasteiger partial charge in [0.05, 0.1) is 13.1 Å². The molecule has 1 aromatic heterocycles. The molecule has 1 heterocycles. The Balaban J connectivity index is 1.93. The van der Waals surface area contributed by atoms with Gasteiger partial charge in [0.2, 0.25) is 0 Å². The van der Waals surface area contributed by atoms with Crippen LogP contribution in [0.5, 0.6) is 5.75 Å². The Bertz CT molecular complexity index is 651. The molecule has 0 atom stereocenters. The first kappa shape index (κ1) is 14.1. The van der Waals surface area contributed by atoms with E-state index in [2.05, 4.69) is 17.2 Å². The molecule has 102 valence electrons. The predicted octanol–water partition coefficient (Wildman–Crippen LogP) is 1.69. The molecule has 0 unspecified atom stereocenters. The van der Waals surface area contributed by atoms with Gasteiger partial charge in [0.15, 0.2) is 0 Å². The van der Waals surface area contributed by atoms with Crippen LogP contribution in [0, 0.1) is 11.8 Å². The van der Waals surface area contributed by atoms with Crippen molar-refractivity contribution in [1.29, 1.82) is 0 Å². The minimum absolute atomic E-state index is 0.142. The fourth-order valence-electron chi connectivity index (χ4n) is 1.57. The minimum Gasteiger partial charge on any atom is -0.508 e. The van der Waals surface area contributed by atoms with Crippen molar-refractivity contribution in [3.63, 3.8) is 0 Å². The molecule has 0 radical (unpaired) electrons. The van der Waals surface area contributed by atoms with Crippen molar-refractivity contribution in [3.05, 3.63) is 51.7 Å². The van der Waals surface area contributed by atoms with Gasteiger partial charge in [-0.2, -0.15) is 0 Å². The van der Waals surface area contributed by atoms with Crippen LogP contribution in [0.4, 0.5) is 0 Å². The number of aromatic hydroxyl groups is 1. The minimum atomic E-state index is -0.173. The van der Waals surface area contributed by atoms with Gasteiger partial charge >= 0.3 is 0 Å². The van der Waals surface area contributed by atoms with E-state index < -0.39 is 0 Å². The molecule has 0 saturated heterocycles. The summed E-state index contributed by atoms with van der Waals surface area (Å²) in [4.78, 5) is 12.9. The SMILES string of the molecule is NCC#Cc1csc(CNC(=O)c2ccc(O)cc2)c1. The summed E-state index contributed by atoms with van der Waals surface area (Å²) < 4.78 is 0. The quantitative estimate of drug-likeness (QED) is 0.752. The topological polar surface area (TPSA) is 75.3 Å². The largest absolute Gasteiger partial charge is 0.508 e. The molecule has 20 heavy (non-hydrogen) atoms. The molecule has 1 amide bonds. The van der Waals surface area contributed by atoms with Gasteiger partial charge in [0.25, 0.3) is 5.91 Å². The molecule has 0 fully saturated rings. The summed E-state index contributed by atoms with van der Waals surface area (Å²) >= 11 is 1.54. The second kappa shape index (κ2) is 6.75. The Morgan fingerprint density at radius 1 is 1.35 bits per heavy atom. The Morgan fingerprint density at radius 2 is 2.10 bits per heavy atom. The lowest BCUT2D eigenvalue weighted by molar-refractivity contribution is 0.0951. The molecule has 0 saturated carbocycles. The molecule has 4 N–H and O–H groups in total. The highest BCUT2D eigenvalue weighted by Crippen LogP contribution is 2.14. The molecule has 4 nitrogen and oxygen atoms in total. The summed E-state index contributed by atoms with van der Waals surface area (Å²) in [5.74, 6) is 5.70. The van der Waals surface area contributed by atoms with Crippen molar-refractivity contribution in [2.45, 2.75) is 6.54 Å². The first-order valence-corrected chi connectivity index (χ1v) is 6.90. The van der Waals surface area contributed by atoms with Gasteiger partial charge in [-0.1, -0.05) is 11.8 Å². The molecular formula is C15H14N2O2S. The zero-order chi connectivity index (χ0) is 14.4.